The molecule has 0 saturated carbocycles. The molecule has 140 valence electrons. The van der Waals surface area contributed by atoms with Gasteiger partial charge >= 0.3 is 0 Å². The first-order valence-corrected chi connectivity index (χ1v) is 9.17. The zero-order valence-electron chi connectivity index (χ0n) is 15.9. The Kier molecular flexibility index (Phi) is 4.53. The molecule has 0 bridgehead atoms. The molecule has 1 N–H and O–H groups in total. The number of anilines is 2. The first kappa shape index (κ1) is 17.5. The van der Waals surface area contributed by atoms with E-state index in [1.807, 2.05) is 54.9 Å². The predicted octanol–water partition coefficient (Wildman–Crippen LogP) is 2.35. The standard InChI is InChI=1S/C20H24N6O/c1-14-12-26-13-18(22-19(26)15(2)21-14)23-20(27)16-4-6-17(7-5-16)25-10-8-24(3)9-11-25/h4-7,12-13H,8-11H2,1-3H3,(H,23,27). The summed E-state index contributed by atoms with van der Waals surface area (Å²) in [6, 6.07) is 7.77. The lowest BCUT2D eigenvalue weighted by molar-refractivity contribution is 0.102. The van der Waals surface area contributed by atoms with Crippen molar-refractivity contribution in [2.24, 2.45) is 0 Å². The second-order valence-electron chi connectivity index (χ2n) is 7.12. The van der Waals surface area contributed by atoms with Crippen LogP contribution in [0.15, 0.2) is 36.7 Å². The Bertz CT molecular complexity index is 970. The van der Waals surface area contributed by atoms with Crippen LogP contribution in [0.2, 0.25) is 0 Å². The van der Waals surface area contributed by atoms with E-state index in [1.165, 1.54) is 0 Å². The lowest BCUT2D eigenvalue weighted by Gasteiger charge is -2.34. The van der Waals surface area contributed by atoms with Gasteiger partial charge in [-0.3, -0.25) is 9.78 Å². The number of benzene rings is 1. The fourth-order valence-electron chi connectivity index (χ4n) is 3.44. The van der Waals surface area contributed by atoms with Gasteiger partial charge in [0.15, 0.2) is 11.5 Å². The monoisotopic (exact) mass is 364 g/mol. The van der Waals surface area contributed by atoms with Gasteiger partial charge in [-0.05, 0) is 45.2 Å². The summed E-state index contributed by atoms with van der Waals surface area (Å²) in [5.41, 5.74) is 4.28. The highest BCUT2D eigenvalue weighted by atomic mass is 16.1. The quantitative estimate of drug-likeness (QED) is 0.773. The summed E-state index contributed by atoms with van der Waals surface area (Å²) < 4.78 is 1.89. The summed E-state index contributed by atoms with van der Waals surface area (Å²) >= 11 is 0. The molecule has 27 heavy (non-hydrogen) atoms. The molecule has 1 aromatic carbocycles. The number of aryl methyl sites for hydroxylation is 2. The number of carbonyl (C=O) groups is 1. The van der Waals surface area contributed by atoms with E-state index in [0.717, 1.165) is 48.9 Å². The molecule has 4 rings (SSSR count). The van der Waals surface area contributed by atoms with Crippen molar-refractivity contribution < 1.29 is 4.79 Å². The Morgan fingerprint density at radius 1 is 1.00 bits per heavy atom. The van der Waals surface area contributed by atoms with Crippen LogP contribution in [0.1, 0.15) is 21.7 Å². The number of imidazole rings is 1. The Balaban J connectivity index is 1.47. The minimum atomic E-state index is -0.161. The second-order valence-corrected chi connectivity index (χ2v) is 7.12. The number of hydrogen-bond donors (Lipinski definition) is 1. The number of amides is 1. The van der Waals surface area contributed by atoms with Gasteiger partial charge in [0.25, 0.3) is 5.91 Å². The van der Waals surface area contributed by atoms with E-state index in [-0.39, 0.29) is 5.91 Å². The first-order valence-electron chi connectivity index (χ1n) is 9.17. The number of hydrogen-bond acceptors (Lipinski definition) is 5. The predicted molar refractivity (Wildman–Crippen MR) is 107 cm³/mol. The van der Waals surface area contributed by atoms with Crippen LogP contribution in [0, 0.1) is 13.8 Å². The summed E-state index contributed by atoms with van der Waals surface area (Å²) in [7, 11) is 2.14. The van der Waals surface area contributed by atoms with Gasteiger partial charge in [-0.15, -0.1) is 0 Å². The highest BCUT2D eigenvalue weighted by Gasteiger charge is 2.15. The van der Waals surface area contributed by atoms with Crippen LogP contribution in [0.5, 0.6) is 0 Å². The first-order chi connectivity index (χ1) is 13.0. The van der Waals surface area contributed by atoms with Crippen LogP contribution < -0.4 is 10.2 Å². The number of nitrogens with zero attached hydrogens (tertiary/aromatic N) is 5. The highest BCUT2D eigenvalue weighted by molar-refractivity contribution is 6.04. The molecule has 3 aromatic rings. The summed E-state index contributed by atoms with van der Waals surface area (Å²) in [6.07, 6.45) is 3.71. The Morgan fingerprint density at radius 3 is 2.41 bits per heavy atom. The van der Waals surface area contributed by atoms with E-state index in [2.05, 4.69) is 32.1 Å². The van der Waals surface area contributed by atoms with Gasteiger partial charge < -0.3 is 19.5 Å². The van der Waals surface area contributed by atoms with E-state index in [1.54, 1.807) is 0 Å². The molecule has 7 heteroatoms. The molecule has 1 aliphatic rings. The molecule has 1 fully saturated rings. The third-order valence-corrected chi connectivity index (χ3v) is 4.97. The van der Waals surface area contributed by atoms with Crippen LogP contribution in [0.3, 0.4) is 0 Å². The van der Waals surface area contributed by atoms with Crippen molar-refractivity contribution in [2.45, 2.75) is 13.8 Å². The summed E-state index contributed by atoms with van der Waals surface area (Å²) in [5.74, 6) is 0.365. The Hall–Kier alpha value is -2.93. The number of nitrogens with one attached hydrogen (secondary N) is 1. The third kappa shape index (κ3) is 3.64. The van der Waals surface area contributed by atoms with E-state index >= 15 is 0 Å². The zero-order valence-corrected chi connectivity index (χ0v) is 15.9. The molecule has 1 aliphatic heterocycles. The maximum atomic E-state index is 12.6. The Labute approximate surface area is 158 Å². The topological polar surface area (TPSA) is 65.8 Å². The maximum absolute atomic E-state index is 12.6. The van der Waals surface area contributed by atoms with Crippen LogP contribution in [0.4, 0.5) is 11.5 Å². The lowest BCUT2D eigenvalue weighted by Crippen LogP contribution is -2.44. The van der Waals surface area contributed by atoms with Crippen molar-refractivity contribution in [2.75, 3.05) is 43.4 Å². The fourth-order valence-corrected chi connectivity index (χ4v) is 3.44. The van der Waals surface area contributed by atoms with Crippen molar-refractivity contribution in [3.8, 4) is 0 Å². The Morgan fingerprint density at radius 2 is 1.70 bits per heavy atom. The molecular weight excluding hydrogens is 340 g/mol. The van der Waals surface area contributed by atoms with Crippen molar-refractivity contribution in [3.05, 3.63) is 53.6 Å². The number of piperazine rings is 1. The molecule has 2 aromatic heterocycles. The van der Waals surface area contributed by atoms with Crippen molar-refractivity contribution in [1.29, 1.82) is 0 Å². The SMILES string of the molecule is Cc1cn2cc(NC(=O)c3ccc(N4CCN(C)CC4)cc3)nc2c(C)n1. The van der Waals surface area contributed by atoms with Crippen LogP contribution in [-0.4, -0.2) is 58.4 Å². The third-order valence-electron chi connectivity index (χ3n) is 4.97. The molecule has 7 nitrogen and oxygen atoms in total. The molecule has 3 heterocycles. The smallest absolute Gasteiger partial charge is 0.256 e. The largest absolute Gasteiger partial charge is 0.369 e. The number of likely N-dealkylation sites (N-methyl/N-ethyl adjacent to an activating group) is 1. The highest BCUT2D eigenvalue weighted by Crippen LogP contribution is 2.18. The number of aromatic nitrogens is 3. The van der Waals surface area contributed by atoms with E-state index in [0.29, 0.717) is 11.4 Å². The van der Waals surface area contributed by atoms with Gasteiger partial charge in [-0.1, -0.05) is 0 Å². The van der Waals surface area contributed by atoms with E-state index in [4.69, 9.17) is 0 Å². The minimum absolute atomic E-state index is 0.161. The molecule has 0 aliphatic carbocycles. The van der Waals surface area contributed by atoms with E-state index in [9.17, 15) is 4.79 Å². The normalized spacial score (nSPS) is 15.3. The molecule has 1 saturated heterocycles. The van der Waals surface area contributed by atoms with Crippen molar-refractivity contribution in [1.82, 2.24) is 19.3 Å². The van der Waals surface area contributed by atoms with Crippen LogP contribution >= 0.6 is 0 Å². The van der Waals surface area contributed by atoms with E-state index < -0.39 is 0 Å². The van der Waals surface area contributed by atoms with Gasteiger partial charge in [0.2, 0.25) is 0 Å². The second kappa shape index (κ2) is 7.00. The summed E-state index contributed by atoms with van der Waals surface area (Å²) in [4.78, 5) is 26.1. The van der Waals surface area contributed by atoms with Crippen molar-refractivity contribution >= 4 is 23.1 Å². The average molecular weight is 364 g/mol. The van der Waals surface area contributed by atoms with Crippen molar-refractivity contribution in [3.63, 3.8) is 0 Å². The molecule has 0 unspecified atom stereocenters. The lowest BCUT2D eigenvalue weighted by atomic mass is 10.1. The molecule has 0 spiro atoms. The molecule has 0 radical (unpaired) electrons. The number of rotatable bonds is 3. The van der Waals surface area contributed by atoms with Gasteiger partial charge in [0.05, 0.1) is 17.6 Å². The van der Waals surface area contributed by atoms with Gasteiger partial charge in [-0.2, -0.15) is 0 Å². The number of carbonyl (C=O) groups excluding carboxylic acids is 1. The van der Waals surface area contributed by atoms with Crippen LogP contribution in [-0.2, 0) is 0 Å². The molecule has 0 atom stereocenters. The van der Waals surface area contributed by atoms with Gasteiger partial charge in [-0.25, -0.2) is 4.98 Å². The van der Waals surface area contributed by atoms with Gasteiger partial charge in [0, 0.05) is 43.6 Å². The molecular formula is C20H24N6O. The average Bonchev–Trinajstić information content (AvgIpc) is 3.05. The maximum Gasteiger partial charge on any atom is 0.256 e. The summed E-state index contributed by atoms with van der Waals surface area (Å²) in [6.45, 7) is 7.99. The zero-order chi connectivity index (χ0) is 19.0. The molecule has 1 amide bonds. The summed E-state index contributed by atoms with van der Waals surface area (Å²) in [5, 5.41) is 2.88. The number of fused-ring (bicyclic) bond motifs is 1. The van der Waals surface area contributed by atoms with Gasteiger partial charge in [0.1, 0.15) is 0 Å². The fraction of sp³-hybridized carbons (Fsp3) is 0.350. The minimum Gasteiger partial charge on any atom is -0.369 e. The van der Waals surface area contributed by atoms with Crippen LogP contribution in [0.25, 0.3) is 5.65 Å².